The van der Waals surface area contributed by atoms with Crippen LogP contribution in [0.25, 0.3) is 0 Å². The van der Waals surface area contributed by atoms with E-state index >= 15 is 0 Å². The molecule has 0 aliphatic heterocycles. The van der Waals surface area contributed by atoms with Crippen molar-refractivity contribution in [1.29, 1.82) is 5.26 Å². The summed E-state index contributed by atoms with van der Waals surface area (Å²) in [5.74, 6) is -0.186. The Bertz CT molecular complexity index is 575. The zero-order valence-corrected chi connectivity index (χ0v) is 13.8. The predicted octanol–water partition coefficient (Wildman–Crippen LogP) is 4.14. The van der Waals surface area contributed by atoms with Crippen molar-refractivity contribution < 1.29 is 4.79 Å². The first-order valence-corrected chi connectivity index (χ1v) is 8.21. The van der Waals surface area contributed by atoms with E-state index in [9.17, 15) is 10.1 Å². The summed E-state index contributed by atoms with van der Waals surface area (Å²) >= 11 is 11.8. The van der Waals surface area contributed by atoms with Gasteiger partial charge in [-0.15, -0.1) is 0 Å². The number of anilines is 1. The fraction of sp³-hybridized carbons (Fsp3) is 0.500. The third kappa shape index (κ3) is 4.53. The number of hydrogen-bond donors (Lipinski definition) is 2. The number of carbonyl (C=O) groups is 1. The first-order chi connectivity index (χ1) is 10.5. The van der Waals surface area contributed by atoms with Gasteiger partial charge in [0, 0.05) is 5.69 Å². The second kappa shape index (κ2) is 7.71. The molecule has 0 unspecified atom stereocenters. The van der Waals surface area contributed by atoms with Crippen LogP contribution in [0.3, 0.4) is 0 Å². The lowest BCUT2D eigenvalue weighted by Gasteiger charge is -2.26. The number of nitrogens with zero attached hydrogens (tertiary/aromatic N) is 1. The van der Waals surface area contributed by atoms with E-state index in [1.807, 2.05) is 0 Å². The molecule has 6 heteroatoms. The largest absolute Gasteiger partial charge is 0.376 e. The molecule has 0 spiro atoms. The van der Waals surface area contributed by atoms with Crippen molar-refractivity contribution in [3.05, 3.63) is 28.2 Å². The maximum atomic E-state index is 12.1. The summed E-state index contributed by atoms with van der Waals surface area (Å²) in [5, 5.41) is 16.2. The minimum Gasteiger partial charge on any atom is -0.376 e. The van der Waals surface area contributed by atoms with Crippen molar-refractivity contribution in [1.82, 2.24) is 5.32 Å². The third-order valence-electron chi connectivity index (χ3n) is 3.92. The molecule has 4 nitrogen and oxygen atoms in total. The number of benzene rings is 1. The molecule has 0 aromatic heterocycles. The molecule has 1 aromatic rings. The zero-order valence-electron chi connectivity index (χ0n) is 12.3. The fourth-order valence-corrected chi connectivity index (χ4v) is 2.99. The van der Waals surface area contributed by atoms with E-state index in [0.29, 0.717) is 10.0 Å². The Labute approximate surface area is 140 Å². The van der Waals surface area contributed by atoms with E-state index in [2.05, 4.69) is 16.7 Å². The van der Waals surface area contributed by atoms with Gasteiger partial charge >= 0.3 is 0 Å². The van der Waals surface area contributed by atoms with Crippen LogP contribution in [-0.2, 0) is 4.79 Å². The maximum absolute atomic E-state index is 12.1. The van der Waals surface area contributed by atoms with Gasteiger partial charge in [0.25, 0.3) is 0 Å². The van der Waals surface area contributed by atoms with Gasteiger partial charge in [0.05, 0.1) is 22.7 Å². The number of nitriles is 1. The Morgan fingerprint density at radius 2 is 1.86 bits per heavy atom. The highest BCUT2D eigenvalue weighted by Gasteiger charge is 2.32. The van der Waals surface area contributed by atoms with Crippen LogP contribution < -0.4 is 10.6 Å². The van der Waals surface area contributed by atoms with E-state index in [1.54, 1.807) is 18.2 Å². The highest BCUT2D eigenvalue weighted by molar-refractivity contribution is 6.42. The van der Waals surface area contributed by atoms with Gasteiger partial charge < -0.3 is 10.6 Å². The van der Waals surface area contributed by atoms with Gasteiger partial charge in [-0.05, 0) is 31.0 Å². The number of nitrogens with one attached hydrogen (secondary N) is 2. The number of amides is 1. The molecule has 1 saturated carbocycles. The third-order valence-corrected chi connectivity index (χ3v) is 4.66. The van der Waals surface area contributed by atoms with E-state index in [4.69, 9.17) is 23.2 Å². The normalized spacial score (nSPS) is 17.1. The monoisotopic (exact) mass is 339 g/mol. The van der Waals surface area contributed by atoms with Gasteiger partial charge in [-0.25, -0.2) is 0 Å². The van der Waals surface area contributed by atoms with Crippen LogP contribution in [-0.4, -0.2) is 18.0 Å². The minimum absolute atomic E-state index is 0.0986. The Balaban J connectivity index is 1.91. The molecule has 0 radical (unpaired) electrons. The van der Waals surface area contributed by atoms with Gasteiger partial charge in [0.2, 0.25) is 5.91 Å². The fourth-order valence-electron chi connectivity index (χ4n) is 2.70. The molecule has 0 bridgehead atoms. The smallest absolute Gasteiger partial charge is 0.240 e. The Morgan fingerprint density at radius 3 is 2.45 bits per heavy atom. The molecule has 0 heterocycles. The van der Waals surface area contributed by atoms with E-state index in [1.165, 1.54) is 0 Å². The van der Waals surface area contributed by atoms with E-state index < -0.39 is 5.54 Å². The highest BCUT2D eigenvalue weighted by Crippen LogP contribution is 2.27. The molecule has 22 heavy (non-hydrogen) atoms. The van der Waals surface area contributed by atoms with E-state index in [0.717, 1.165) is 44.2 Å². The molecule has 1 aliphatic rings. The second-order valence-electron chi connectivity index (χ2n) is 5.64. The standard InChI is InChI=1S/C16H19Cl2N3O/c17-13-6-5-12(9-14(13)18)20-10-15(22)21-16(11-19)7-3-1-2-4-8-16/h5-6,9,20H,1-4,7-8,10H2,(H,21,22). The van der Waals surface area contributed by atoms with Crippen LogP contribution >= 0.6 is 23.2 Å². The average Bonchev–Trinajstić information content (AvgIpc) is 2.74. The zero-order chi connectivity index (χ0) is 16.0. The molecule has 1 fully saturated rings. The summed E-state index contributed by atoms with van der Waals surface area (Å²) in [6.45, 7) is 0.0986. The van der Waals surface area contributed by atoms with Gasteiger partial charge in [-0.3, -0.25) is 4.79 Å². The van der Waals surface area contributed by atoms with Crippen LogP contribution in [0, 0.1) is 11.3 Å². The lowest BCUT2D eigenvalue weighted by atomic mass is 9.92. The number of rotatable bonds is 4. The number of carbonyl (C=O) groups excluding carboxylic acids is 1. The molecule has 0 atom stereocenters. The molecular formula is C16H19Cl2N3O. The predicted molar refractivity (Wildman–Crippen MR) is 89.1 cm³/mol. The van der Waals surface area contributed by atoms with Crippen LogP contribution in [0.5, 0.6) is 0 Å². The van der Waals surface area contributed by atoms with Gasteiger partial charge in [0.15, 0.2) is 0 Å². The topological polar surface area (TPSA) is 64.9 Å². The molecule has 1 aromatic carbocycles. The van der Waals surface area contributed by atoms with Crippen molar-refractivity contribution in [2.45, 2.75) is 44.1 Å². The Morgan fingerprint density at radius 1 is 1.18 bits per heavy atom. The summed E-state index contributed by atoms with van der Waals surface area (Å²) in [5.41, 5.74) is 0.00354. The molecule has 2 rings (SSSR count). The molecular weight excluding hydrogens is 321 g/mol. The van der Waals surface area contributed by atoms with Crippen molar-refractivity contribution in [3.8, 4) is 6.07 Å². The second-order valence-corrected chi connectivity index (χ2v) is 6.45. The summed E-state index contributed by atoms with van der Waals surface area (Å²) in [7, 11) is 0. The Hall–Kier alpha value is -1.44. The van der Waals surface area contributed by atoms with Crippen molar-refractivity contribution in [3.63, 3.8) is 0 Å². The van der Waals surface area contributed by atoms with Crippen molar-refractivity contribution >= 4 is 34.8 Å². The minimum atomic E-state index is -0.715. The van der Waals surface area contributed by atoms with Crippen LogP contribution in [0.2, 0.25) is 10.0 Å². The van der Waals surface area contributed by atoms with Crippen molar-refractivity contribution in [2.75, 3.05) is 11.9 Å². The first-order valence-electron chi connectivity index (χ1n) is 7.46. The van der Waals surface area contributed by atoms with Crippen LogP contribution in [0.1, 0.15) is 38.5 Å². The Kier molecular flexibility index (Phi) is 5.93. The van der Waals surface area contributed by atoms with Crippen LogP contribution in [0.4, 0.5) is 5.69 Å². The lowest BCUT2D eigenvalue weighted by molar-refractivity contribution is -0.120. The molecule has 2 N–H and O–H groups in total. The lowest BCUT2D eigenvalue weighted by Crippen LogP contribution is -2.48. The van der Waals surface area contributed by atoms with E-state index in [-0.39, 0.29) is 12.5 Å². The molecule has 0 saturated heterocycles. The van der Waals surface area contributed by atoms with Gasteiger partial charge in [0.1, 0.15) is 5.54 Å². The number of halogens is 2. The number of hydrogen-bond acceptors (Lipinski definition) is 3. The van der Waals surface area contributed by atoms with Gasteiger partial charge in [-0.2, -0.15) is 5.26 Å². The SMILES string of the molecule is N#CC1(NC(=O)CNc2ccc(Cl)c(Cl)c2)CCCCCC1. The molecule has 1 amide bonds. The highest BCUT2D eigenvalue weighted by atomic mass is 35.5. The summed E-state index contributed by atoms with van der Waals surface area (Å²) in [4.78, 5) is 12.1. The van der Waals surface area contributed by atoms with Crippen molar-refractivity contribution in [2.24, 2.45) is 0 Å². The first kappa shape index (κ1) is 16.9. The molecule has 1 aliphatic carbocycles. The summed E-state index contributed by atoms with van der Waals surface area (Å²) < 4.78 is 0. The summed E-state index contributed by atoms with van der Waals surface area (Å²) in [6.07, 6.45) is 5.66. The van der Waals surface area contributed by atoms with Crippen LogP contribution in [0.15, 0.2) is 18.2 Å². The average molecular weight is 340 g/mol. The maximum Gasteiger partial charge on any atom is 0.240 e. The summed E-state index contributed by atoms with van der Waals surface area (Å²) in [6, 6.07) is 7.40. The van der Waals surface area contributed by atoms with Gasteiger partial charge in [-0.1, -0.05) is 48.9 Å². The molecule has 118 valence electrons. The quantitative estimate of drug-likeness (QED) is 0.810.